The number of hydrogen-bond acceptors (Lipinski definition) is 5. The molecule has 8 heavy (non-hydrogen) atoms. The van der Waals surface area contributed by atoms with Gasteiger partial charge < -0.3 is 0 Å². The lowest BCUT2D eigenvalue weighted by atomic mass is 11.1. The van der Waals surface area contributed by atoms with Crippen LogP contribution in [0.25, 0.3) is 0 Å². The Morgan fingerprint density at radius 2 is 2.62 bits per heavy atom. The third kappa shape index (κ3) is 0.932. The average Bonchev–Trinajstić information content (AvgIpc) is 2.12. The Hall–Kier alpha value is -0.680. The van der Waals surface area contributed by atoms with Gasteiger partial charge in [0, 0.05) is 7.05 Å². The molecule has 1 aromatic rings. The maximum atomic E-state index is 5.30. The molecule has 5 heteroatoms. The van der Waals surface area contributed by atoms with Gasteiger partial charge in [0.2, 0.25) is 5.13 Å². The van der Waals surface area contributed by atoms with E-state index in [1.807, 2.05) is 0 Å². The van der Waals surface area contributed by atoms with Gasteiger partial charge in [-0.1, -0.05) is 11.3 Å². The normalized spacial score (nSPS) is 9.25. The maximum Gasteiger partial charge on any atom is 0.221 e. The number of nitrogens with zero attached hydrogens (tertiary/aromatic N) is 3. The van der Waals surface area contributed by atoms with Gasteiger partial charge in [-0.05, 0) is 0 Å². The van der Waals surface area contributed by atoms with Gasteiger partial charge in [0.25, 0.3) is 0 Å². The zero-order valence-electron chi connectivity index (χ0n) is 4.40. The van der Waals surface area contributed by atoms with Crippen molar-refractivity contribution in [2.75, 3.05) is 12.1 Å². The van der Waals surface area contributed by atoms with Crippen molar-refractivity contribution in [2.45, 2.75) is 0 Å². The van der Waals surface area contributed by atoms with E-state index in [-0.39, 0.29) is 0 Å². The van der Waals surface area contributed by atoms with Crippen molar-refractivity contribution < 1.29 is 0 Å². The largest absolute Gasteiger partial charge is 0.288 e. The molecular formula is C3H6N4S. The van der Waals surface area contributed by atoms with E-state index in [0.717, 1.165) is 5.13 Å². The number of rotatable bonds is 1. The Morgan fingerprint density at radius 3 is 2.88 bits per heavy atom. The van der Waals surface area contributed by atoms with Gasteiger partial charge in [0.1, 0.15) is 5.51 Å². The average molecular weight is 130 g/mol. The molecule has 0 aliphatic rings. The quantitative estimate of drug-likeness (QED) is 0.424. The van der Waals surface area contributed by atoms with Crippen LogP contribution in [0.1, 0.15) is 0 Å². The summed E-state index contributed by atoms with van der Waals surface area (Å²) in [5, 5.41) is 9.43. The first kappa shape index (κ1) is 5.46. The van der Waals surface area contributed by atoms with E-state index in [2.05, 4.69) is 10.2 Å². The summed E-state index contributed by atoms with van der Waals surface area (Å²) in [7, 11) is 1.72. The van der Waals surface area contributed by atoms with Crippen LogP contribution < -0.4 is 10.9 Å². The summed E-state index contributed by atoms with van der Waals surface area (Å²) >= 11 is 1.41. The van der Waals surface area contributed by atoms with Crippen LogP contribution in [-0.4, -0.2) is 17.2 Å². The van der Waals surface area contributed by atoms with E-state index in [0.29, 0.717) is 0 Å². The first-order chi connectivity index (χ1) is 3.80. The molecule has 4 nitrogen and oxygen atoms in total. The van der Waals surface area contributed by atoms with E-state index < -0.39 is 0 Å². The van der Waals surface area contributed by atoms with Crippen LogP contribution in [0.3, 0.4) is 0 Å². The SMILES string of the molecule is CN(N)c1nncs1. The molecule has 0 unspecified atom stereocenters. The molecule has 0 bridgehead atoms. The second-order valence-corrected chi connectivity index (χ2v) is 2.14. The lowest BCUT2D eigenvalue weighted by molar-refractivity contribution is 0.959. The molecule has 0 atom stereocenters. The molecule has 0 aromatic carbocycles. The van der Waals surface area contributed by atoms with Crippen molar-refractivity contribution in [3.05, 3.63) is 5.51 Å². The molecule has 0 amide bonds. The molecular weight excluding hydrogens is 124 g/mol. The van der Waals surface area contributed by atoms with Gasteiger partial charge in [0.05, 0.1) is 0 Å². The first-order valence-electron chi connectivity index (χ1n) is 2.05. The number of nitrogens with two attached hydrogens (primary N) is 1. The van der Waals surface area contributed by atoms with E-state index >= 15 is 0 Å². The van der Waals surface area contributed by atoms with Crippen LogP contribution in [0.15, 0.2) is 5.51 Å². The Kier molecular flexibility index (Phi) is 1.40. The second-order valence-electron chi connectivity index (χ2n) is 1.33. The van der Waals surface area contributed by atoms with Crippen molar-refractivity contribution in [3.8, 4) is 0 Å². The molecule has 44 valence electrons. The highest BCUT2D eigenvalue weighted by Gasteiger charge is 1.94. The highest BCUT2D eigenvalue weighted by molar-refractivity contribution is 7.13. The van der Waals surface area contributed by atoms with E-state index in [4.69, 9.17) is 5.84 Å². The summed E-state index contributed by atoms with van der Waals surface area (Å²) < 4.78 is 0. The van der Waals surface area contributed by atoms with Crippen molar-refractivity contribution >= 4 is 16.5 Å². The van der Waals surface area contributed by atoms with Gasteiger partial charge in [0.15, 0.2) is 0 Å². The van der Waals surface area contributed by atoms with Crippen molar-refractivity contribution in [1.29, 1.82) is 0 Å². The highest BCUT2D eigenvalue weighted by atomic mass is 32.1. The number of hydrogen-bond donors (Lipinski definition) is 1. The van der Waals surface area contributed by atoms with E-state index in [9.17, 15) is 0 Å². The van der Waals surface area contributed by atoms with Gasteiger partial charge >= 0.3 is 0 Å². The predicted octanol–water partition coefficient (Wildman–Crippen LogP) is -0.152. The summed E-state index contributed by atoms with van der Waals surface area (Å²) in [5.74, 6) is 5.30. The number of hydrazine groups is 1. The molecule has 0 radical (unpaired) electrons. The van der Waals surface area contributed by atoms with Gasteiger partial charge in [-0.25, -0.2) is 5.84 Å². The first-order valence-corrected chi connectivity index (χ1v) is 2.93. The lowest BCUT2D eigenvalue weighted by Crippen LogP contribution is -2.24. The van der Waals surface area contributed by atoms with Crippen LogP contribution >= 0.6 is 11.3 Å². The van der Waals surface area contributed by atoms with Crippen molar-refractivity contribution in [1.82, 2.24) is 10.2 Å². The molecule has 2 N–H and O–H groups in total. The monoisotopic (exact) mass is 130 g/mol. The molecule has 0 aliphatic heterocycles. The summed E-state index contributed by atoms with van der Waals surface area (Å²) in [4.78, 5) is 0. The minimum absolute atomic E-state index is 0.727. The lowest BCUT2D eigenvalue weighted by Gasteiger charge is -2.02. The zero-order valence-corrected chi connectivity index (χ0v) is 5.22. The van der Waals surface area contributed by atoms with Crippen LogP contribution in [0.2, 0.25) is 0 Å². The summed E-state index contributed by atoms with van der Waals surface area (Å²) in [6, 6.07) is 0. The van der Waals surface area contributed by atoms with Crippen molar-refractivity contribution in [3.63, 3.8) is 0 Å². The Labute approximate surface area is 50.9 Å². The molecule has 0 spiro atoms. The van der Waals surface area contributed by atoms with Gasteiger partial charge in [-0.15, -0.1) is 10.2 Å². The van der Waals surface area contributed by atoms with Crippen LogP contribution in [-0.2, 0) is 0 Å². The fraction of sp³-hybridized carbons (Fsp3) is 0.333. The van der Waals surface area contributed by atoms with Crippen LogP contribution in [0.4, 0.5) is 5.13 Å². The van der Waals surface area contributed by atoms with E-state index in [1.54, 1.807) is 12.6 Å². The molecule has 0 saturated carbocycles. The molecule has 0 saturated heterocycles. The molecule has 1 rings (SSSR count). The standard InChI is InChI=1S/C3H6N4S/c1-7(4)3-6-5-2-8-3/h2H,4H2,1H3. The topological polar surface area (TPSA) is 55.0 Å². The Balaban J connectivity index is 2.77. The van der Waals surface area contributed by atoms with Crippen LogP contribution in [0, 0.1) is 0 Å². The van der Waals surface area contributed by atoms with Crippen LogP contribution in [0.5, 0.6) is 0 Å². The Bertz CT molecular complexity index is 146. The van der Waals surface area contributed by atoms with Gasteiger partial charge in [-0.2, -0.15) is 0 Å². The molecule has 1 aromatic heterocycles. The highest BCUT2D eigenvalue weighted by Crippen LogP contribution is 2.08. The summed E-state index contributed by atoms with van der Waals surface area (Å²) in [6.45, 7) is 0. The Morgan fingerprint density at radius 1 is 1.88 bits per heavy atom. The maximum absolute atomic E-state index is 5.30. The summed E-state index contributed by atoms with van der Waals surface area (Å²) in [5.41, 5.74) is 1.64. The smallest absolute Gasteiger partial charge is 0.221 e. The number of aromatic nitrogens is 2. The van der Waals surface area contributed by atoms with Gasteiger partial charge in [-0.3, -0.25) is 5.01 Å². The number of anilines is 1. The van der Waals surface area contributed by atoms with E-state index in [1.165, 1.54) is 16.3 Å². The molecule has 1 heterocycles. The zero-order chi connectivity index (χ0) is 5.98. The minimum Gasteiger partial charge on any atom is -0.288 e. The predicted molar refractivity (Wildman–Crippen MR) is 32.5 cm³/mol. The molecule has 0 aliphatic carbocycles. The minimum atomic E-state index is 0.727. The second kappa shape index (κ2) is 2.06. The summed E-state index contributed by atoms with van der Waals surface area (Å²) in [6.07, 6.45) is 0. The third-order valence-electron chi connectivity index (χ3n) is 0.650. The third-order valence-corrected chi connectivity index (χ3v) is 1.43. The fourth-order valence-corrected chi connectivity index (χ4v) is 0.770. The fourth-order valence-electron chi connectivity index (χ4n) is 0.321. The molecule has 0 fully saturated rings. The van der Waals surface area contributed by atoms with Crippen molar-refractivity contribution in [2.24, 2.45) is 5.84 Å².